The zero-order valence-corrected chi connectivity index (χ0v) is 9.09. The normalized spacial score (nSPS) is 13.7. The molecule has 0 aliphatic carbocycles. The van der Waals surface area contributed by atoms with Crippen LogP contribution in [0.25, 0.3) is 0 Å². The van der Waals surface area contributed by atoms with E-state index in [2.05, 4.69) is 5.32 Å². The first kappa shape index (κ1) is 12.2. The summed E-state index contributed by atoms with van der Waals surface area (Å²) in [5.74, 6) is 0. The topological polar surface area (TPSA) is 52.6 Å². The quantitative estimate of drug-likeness (QED) is 0.688. The van der Waals surface area contributed by atoms with Crippen LogP contribution < -0.4 is 5.32 Å². The van der Waals surface area contributed by atoms with Gasteiger partial charge >= 0.3 is 6.03 Å². The van der Waals surface area contributed by atoms with Gasteiger partial charge in [-0.3, -0.25) is 0 Å². The molecular weight excluding hydrogens is 168 g/mol. The van der Waals surface area contributed by atoms with E-state index in [0.717, 1.165) is 0 Å². The SMILES string of the molecule is CCN(C)C(=O)NC(C)(C)C(C)O. The minimum Gasteiger partial charge on any atom is -0.391 e. The average Bonchev–Trinajstić information content (AvgIpc) is 2.01. The molecule has 0 aromatic rings. The minimum absolute atomic E-state index is 0.159. The van der Waals surface area contributed by atoms with Crippen LogP contribution in [0.1, 0.15) is 27.7 Å². The van der Waals surface area contributed by atoms with Crippen LogP contribution >= 0.6 is 0 Å². The van der Waals surface area contributed by atoms with E-state index in [1.165, 1.54) is 0 Å². The maximum atomic E-state index is 11.4. The molecule has 0 aliphatic rings. The molecule has 13 heavy (non-hydrogen) atoms. The van der Waals surface area contributed by atoms with Crippen molar-refractivity contribution >= 4 is 6.03 Å². The number of hydrogen-bond acceptors (Lipinski definition) is 2. The van der Waals surface area contributed by atoms with E-state index in [1.54, 1.807) is 32.7 Å². The summed E-state index contributed by atoms with van der Waals surface area (Å²) in [6.07, 6.45) is -0.568. The van der Waals surface area contributed by atoms with Crippen molar-refractivity contribution in [3.8, 4) is 0 Å². The van der Waals surface area contributed by atoms with Crippen LogP contribution in [0.15, 0.2) is 0 Å². The second kappa shape index (κ2) is 4.46. The highest BCUT2D eigenvalue weighted by Crippen LogP contribution is 2.08. The summed E-state index contributed by atoms with van der Waals surface area (Å²) in [5, 5.41) is 12.1. The van der Waals surface area contributed by atoms with Gasteiger partial charge in [-0.1, -0.05) is 0 Å². The molecule has 0 saturated carbocycles. The summed E-state index contributed by atoms with van der Waals surface area (Å²) >= 11 is 0. The molecule has 0 aromatic carbocycles. The van der Waals surface area contributed by atoms with Crippen LogP contribution in [0.2, 0.25) is 0 Å². The summed E-state index contributed by atoms with van der Waals surface area (Å²) in [5.41, 5.74) is -0.583. The summed E-state index contributed by atoms with van der Waals surface area (Å²) in [7, 11) is 1.72. The van der Waals surface area contributed by atoms with Gasteiger partial charge in [0.15, 0.2) is 0 Å². The van der Waals surface area contributed by atoms with Gasteiger partial charge in [-0.15, -0.1) is 0 Å². The number of hydrogen-bond donors (Lipinski definition) is 2. The molecule has 2 N–H and O–H groups in total. The fourth-order valence-corrected chi connectivity index (χ4v) is 0.619. The monoisotopic (exact) mass is 188 g/mol. The predicted octanol–water partition coefficient (Wildman–Crippen LogP) is 0.807. The molecule has 0 fully saturated rings. The Morgan fingerprint density at radius 1 is 1.62 bits per heavy atom. The highest BCUT2D eigenvalue weighted by molar-refractivity contribution is 5.74. The van der Waals surface area contributed by atoms with Crippen LogP contribution in [0.4, 0.5) is 4.79 Å². The lowest BCUT2D eigenvalue weighted by Crippen LogP contribution is -2.54. The minimum atomic E-state index is -0.583. The fourth-order valence-electron chi connectivity index (χ4n) is 0.619. The van der Waals surface area contributed by atoms with Crippen molar-refractivity contribution in [2.24, 2.45) is 0 Å². The Hall–Kier alpha value is -0.770. The molecule has 4 heteroatoms. The molecule has 0 rings (SSSR count). The molecule has 1 atom stereocenters. The van der Waals surface area contributed by atoms with E-state index in [0.29, 0.717) is 6.54 Å². The summed E-state index contributed by atoms with van der Waals surface area (Å²) in [4.78, 5) is 13.0. The highest BCUT2D eigenvalue weighted by atomic mass is 16.3. The fraction of sp³-hybridized carbons (Fsp3) is 0.889. The van der Waals surface area contributed by atoms with Crippen molar-refractivity contribution in [2.75, 3.05) is 13.6 Å². The van der Waals surface area contributed by atoms with Gasteiger partial charge in [-0.05, 0) is 27.7 Å². The van der Waals surface area contributed by atoms with Gasteiger partial charge in [0.25, 0.3) is 0 Å². The lowest BCUT2D eigenvalue weighted by Gasteiger charge is -2.31. The summed E-state index contributed by atoms with van der Waals surface area (Å²) < 4.78 is 0. The van der Waals surface area contributed by atoms with Gasteiger partial charge in [0.2, 0.25) is 0 Å². The Balaban J connectivity index is 4.19. The number of urea groups is 1. The molecule has 0 saturated heterocycles. The van der Waals surface area contributed by atoms with Crippen molar-refractivity contribution < 1.29 is 9.90 Å². The van der Waals surface area contributed by atoms with Crippen molar-refractivity contribution in [2.45, 2.75) is 39.3 Å². The maximum absolute atomic E-state index is 11.4. The molecule has 1 unspecified atom stereocenters. The van der Waals surface area contributed by atoms with Crippen molar-refractivity contribution in [1.82, 2.24) is 10.2 Å². The number of aliphatic hydroxyl groups excluding tert-OH is 1. The Morgan fingerprint density at radius 2 is 2.08 bits per heavy atom. The van der Waals surface area contributed by atoms with Crippen LogP contribution in [-0.4, -0.2) is 41.3 Å². The first-order chi connectivity index (χ1) is 5.81. The second-order valence-corrected chi connectivity index (χ2v) is 3.84. The van der Waals surface area contributed by atoms with Crippen molar-refractivity contribution in [3.63, 3.8) is 0 Å². The lowest BCUT2D eigenvalue weighted by atomic mass is 9.99. The third-order valence-electron chi connectivity index (χ3n) is 2.29. The van der Waals surface area contributed by atoms with Gasteiger partial charge in [0, 0.05) is 13.6 Å². The number of carbonyl (C=O) groups excluding carboxylic acids is 1. The van der Waals surface area contributed by atoms with Crippen molar-refractivity contribution in [1.29, 1.82) is 0 Å². The van der Waals surface area contributed by atoms with E-state index in [1.807, 2.05) is 6.92 Å². The molecule has 2 amide bonds. The summed E-state index contributed by atoms with van der Waals surface area (Å²) in [6, 6.07) is -0.159. The number of aliphatic hydroxyl groups is 1. The molecule has 0 bridgehead atoms. The molecular formula is C9H20N2O2. The first-order valence-corrected chi connectivity index (χ1v) is 4.52. The number of rotatable bonds is 3. The number of carbonyl (C=O) groups is 1. The van der Waals surface area contributed by atoms with E-state index < -0.39 is 11.6 Å². The number of amides is 2. The Labute approximate surface area is 79.9 Å². The number of nitrogens with zero attached hydrogens (tertiary/aromatic N) is 1. The average molecular weight is 188 g/mol. The van der Waals surface area contributed by atoms with Crippen molar-refractivity contribution in [3.05, 3.63) is 0 Å². The zero-order valence-electron chi connectivity index (χ0n) is 9.09. The number of nitrogens with one attached hydrogen (secondary N) is 1. The Kier molecular flexibility index (Phi) is 4.20. The lowest BCUT2D eigenvalue weighted by molar-refractivity contribution is 0.0964. The molecule has 0 spiro atoms. The van der Waals surface area contributed by atoms with Gasteiger partial charge in [-0.25, -0.2) is 4.79 Å². The molecule has 4 nitrogen and oxygen atoms in total. The van der Waals surface area contributed by atoms with Crippen LogP contribution in [0, 0.1) is 0 Å². The van der Waals surface area contributed by atoms with Crippen LogP contribution in [0.3, 0.4) is 0 Å². The smallest absolute Gasteiger partial charge is 0.317 e. The van der Waals surface area contributed by atoms with Crippen LogP contribution in [0.5, 0.6) is 0 Å². The predicted molar refractivity (Wildman–Crippen MR) is 52.6 cm³/mol. The maximum Gasteiger partial charge on any atom is 0.317 e. The largest absolute Gasteiger partial charge is 0.391 e. The van der Waals surface area contributed by atoms with Gasteiger partial charge in [0.1, 0.15) is 0 Å². The molecule has 78 valence electrons. The van der Waals surface area contributed by atoms with E-state index in [-0.39, 0.29) is 6.03 Å². The Bertz CT molecular complexity index is 178. The zero-order chi connectivity index (χ0) is 10.6. The second-order valence-electron chi connectivity index (χ2n) is 3.84. The highest BCUT2D eigenvalue weighted by Gasteiger charge is 2.26. The van der Waals surface area contributed by atoms with Gasteiger partial charge in [0.05, 0.1) is 11.6 Å². The standard InChI is InChI=1S/C9H20N2O2/c1-6-11(5)8(13)10-9(3,4)7(2)12/h7,12H,6H2,1-5H3,(H,10,13). The van der Waals surface area contributed by atoms with E-state index in [9.17, 15) is 9.90 Å². The summed E-state index contributed by atoms with van der Waals surface area (Å²) in [6.45, 7) is 7.79. The third-order valence-corrected chi connectivity index (χ3v) is 2.29. The van der Waals surface area contributed by atoms with E-state index >= 15 is 0 Å². The molecule has 0 aliphatic heterocycles. The van der Waals surface area contributed by atoms with Gasteiger partial charge < -0.3 is 15.3 Å². The van der Waals surface area contributed by atoms with Gasteiger partial charge in [-0.2, -0.15) is 0 Å². The molecule has 0 radical (unpaired) electrons. The van der Waals surface area contributed by atoms with Crippen LogP contribution in [-0.2, 0) is 0 Å². The molecule has 0 heterocycles. The Morgan fingerprint density at radius 3 is 2.38 bits per heavy atom. The van der Waals surface area contributed by atoms with E-state index in [4.69, 9.17) is 0 Å². The third kappa shape index (κ3) is 3.63. The molecule has 0 aromatic heterocycles. The first-order valence-electron chi connectivity index (χ1n) is 4.52.